The van der Waals surface area contributed by atoms with Crippen molar-refractivity contribution in [2.24, 2.45) is 0 Å². The SMILES string of the molecule is COc1ccc(-c2ccc(CNC[C@H]3CCCO3)o2)cc1Cl. The molecule has 3 rings (SSSR count). The molecule has 0 radical (unpaired) electrons. The summed E-state index contributed by atoms with van der Waals surface area (Å²) < 4.78 is 16.6. The lowest BCUT2D eigenvalue weighted by molar-refractivity contribution is 0.109. The van der Waals surface area contributed by atoms with Gasteiger partial charge in [0.25, 0.3) is 0 Å². The second-order valence-electron chi connectivity index (χ2n) is 5.38. The van der Waals surface area contributed by atoms with Gasteiger partial charge in [0.05, 0.1) is 24.8 Å². The normalized spacial score (nSPS) is 17.8. The molecule has 2 heterocycles. The Hall–Kier alpha value is -1.49. The molecule has 0 spiro atoms. The molecular weight excluding hydrogens is 302 g/mol. The molecule has 0 amide bonds. The molecule has 2 aromatic rings. The second-order valence-corrected chi connectivity index (χ2v) is 5.79. The molecule has 1 aliphatic rings. The van der Waals surface area contributed by atoms with Gasteiger partial charge in [-0.05, 0) is 43.2 Å². The van der Waals surface area contributed by atoms with E-state index in [9.17, 15) is 0 Å². The second kappa shape index (κ2) is 7.18. The van der Waals surface area contributed by atoms with Crippen molar-refractivity contribution in [1.82, 2.24) is 5.32 Å². The van der Waals surface area contributed by atoms with Crippen LogP contribution in [-0.2, 0) is 11.3 Å². The summed E-state index contributed by atoms with van der Waals surface area (Å²) in [5.41, 5.74) is 0.941. The number of nitrogens with one attached hydrogen (secondary N) is 1. The minimum Gasteiger partial charge on any atom is -0.495 e. The average Bonchev–Trinajstić information content (AvgIpc) is 3.19. The number of benzene rings is 1. The first-order valence-corrected chi connectivity index (χ1v) is 7.89. The maximum Gasteiger partial charge on any atom is 0.137 e. The van der Waals surface area contributed by atoms with Crippen LogP contribution in [0.25, 0.3) is 11.3 Å². The van der Waals surface area contributed by atoms with E-state index < -0.39 is 0 Å². The lowest BCUT2D eigenvalue weighted by Crippen LogP contribution is -2.25. The van der Waals surface area contributed by atoms with Gasteiger partial charge in [-0.2, -0.15) is 0 Å². The maximum atomic E-state index is 6.15. The fraction of sp³-hybridized carbons (Fsp3) is 0.412. The van der Waals surface area contributed by atoms with Gasteiger partial charge in [-0.15, -0.1) is 0 Å². The third-order valence-corrected chi connectivity index (χ3v) is 4.09. The minimum absolute atomic E-state index is 0.342. The minimum atomic E-state index is 0.342. The van der Waals surface area contributed by atoms with Crippen LogP contribution in [0.2, 0.25) is 5.02 Å². The van der Waals surface area contributed by atoms with Gasteiger partial charge in [0.1, 0.15) is 17.3 Å². The van der Waals surface area contributed by atoms with Crippen LogP contribution in [0.3, 0.4) is 0 Å². The number of ether oxygens (including phenoxy) is 2. The Morgan fingerprint density at radius 1 is 1.32 bits per heavy atom. The van der Waals surface area contributed by atoms with E-state index >= 15 is 0 Å². The molecule has 1 atom stereocenters. The molecule has 0 unspecified atom stereocenters. The van der Waals surface area contributed by atoms with Crippen molar-refractivity contribution >= 4 is 11.6 Å². The summed E-state index contributed by atoms with van der Waals surface area (Å²) in [6, 6.07) is 9.57. The fourth-order valence-electron chi connectivity index (χ4n) is 2.61. The Morgan fingerprint density at radius 2 is 2.23 bits per heavy atom. The first-order valence-electron chi connectivity index (χ1n) is 7.51. The van der Waals surface area contributed by atoms with Crippen molar-refractivity contribution in [3.63, 3.8) is 0 Å². The van der Waals surface area contributed by atoms with Crippen molar-refractivity contribution in [3.05, 3.63) is 41.1 Å². The highest BCUT2D eigenvalue weighted by Crippen LogP contribution is 2.31. The van der Waals surface area contributed by atoms with E-state index in [0.29, 0.717) is 23.4 Å². The summed E-state index contributed by atoms with van der Waals surface area (Å²) in [6.07, 6.45) is 2.64. The molecule has 1 N–H and O–H groups in total. The molecule has 1 aromatic carbocycles. The molecule has 5 heteroatoms. The van der Waals surface area contributed by atoms with E-state index in [1.165, 1.54) is 0 Å². The number of hydrogen-bond donors (Lipinski definition) is 1. The van der Waals surface area contributed by atoms with Crippen molar-refractivity contribution in [2.75, 3.05) is 20.3 Å². The van der Waals surface area contributed by atoms with Gasteiger partial charge in [-0.1, -0.05) is 11.6 Å². The lowest BCUT2D eigenvalue weighted by atomic mass is 10.2. The van der Waals surface area contributed by atoms with Crippen LogP contribution in [-0.4, -0.2) is 26.4 Å². The first-order chi connectivity index (χ1) is 10.8. The summed E-state index contributed by atoms with van der Waals surface area (Å²) in [4.78, 5) is 0. The van der Waals surface area contributed by atoms with Crippen molar-refractivity contribution < 1.29 is 13.9 Å². The maximum absolute atomic E-state index is 6.15. The summed E-state index contributed by atoms with van der Waals surface area (Å²) >= 11 is 6.15. The Balaban J connectivity index is 1.59. The quantitative estimate of drug-likeness (QED) is 0.877. The van der Waals surface area contributed by atoms with Gasteiger partial charge in [0, 0.05) is 18.7 Å². The van der Waals surface area contributed by atoms with Crippen molar-refractivity contribution in [3.8, 4) is 17.1 Å². The Labute approximate surface area is 135 Å². The van der Waals surface area contributed by atoms with Gasteiger partial charge >= 0.3 is 0 Å². The number of furan rings is 1. The molecule has 1 aliphatic heterocycles. The van der Waals surface area contributed by atoms with Crippen LogP contribution in [0.1, 0.15) is 18.6 Å². The standard InChI is InChI=1S/C17H20ClNO3/c1-20-17-6-4-12(9-15(17)18)16-7-5-14(22-16)11-19-10-13-3-2-8-21-13/h4-7,9,13,19H,2-3,8,10-11H2,1H3/t13-/m1/s1. The summed E-state index contributed by atoms with van der Waals surface area (Å²) in [5.74, 6) is 2.37. The predicted octanol–water partition coefficient (Wildman–Crippen LogP) is 3.88. The molecular formula is C17H20ClNO3. The average molecular weight is 322 g/mol. The molecule has 0 saturated carbocycles. The van der Waals surface area contributed by atoms with E-state index in [1.54, 1.807) is 7.11 Å². The highest BCUT2D eigenvalue weighted by atomic mass is 35.5. The van der Waals surface area contributed by atoms with E-state index in [4.69, 9.17) is 25.5 Å². The van der Waals surface area contributed by atoms with E-state index in [-0.39, 0.29) is 0 Å². The smallest absolute Gasteiger partial charge is 0.137 e. The Morgan fingerprint density at radius 3 is 2.95 bits per heavy atom. The molecule has 1 aromatic heterocycles. The van der Waals surface area contributed by atoms with Gasteiger partial charge in [-0.25, -0.2) is 0 Å². The Bertz CT molecular complexity index is 620. The number of methoxy groups -OCH3 is 1. The van der Waals surface area contributed by atoms with Crippen LogP contribution in [0, 0.1) is 0 Å². The van der Waals surface area contributed by atoms with Crippen LogP contribution in [0.15, 0.2) is 34.7 Å². The zero-order chi connectivity index (χ0) is 15.4. The molecule has 0 aliphatic carbocycles. The van der Waals surface area contributed by atoms with Crippen LogP contribution in [0.5, 0.6) is 5.75 Å². The van der Waals surface area contributed by atoms with Gasteiger partial charge in [0.2, 0.25) is 0 Å². The van der Waals surface area contributed by atoms with Gasteiger partial charge in [-0.3, -0.25) is 0 Å². The summed E-state index contributed by atoms with van der Waals surface area (Å²) in [7, 11) is 1.60. The lowest BCUT2D eigenvalue weighted by Gasteiger charge is -2.09. The fourth-order valence-corrected chi connectivity index (χ4v) is 2.87. The molecule has 1 fully saturated rings. The largest absolute Gasteiger partial charge is 0.495 e. The zero-order valence-corrected chi connectivity index (χ0v) is 13.4. The molecule has 118 valence electrons. The number of hydrogen-bond acceptors (Lipinski definition) is 4. The third kappa shape index (κ3) is 3.64. The van der Waals surface area contributed by atoms with Crippen LogP contribution in [0.4, 0.5) is 0 Å². The van der Waals surface area contributed by atoms with Crippen molar-refractivity contribution in [1.29, 1.82) is 0 Å². The molecule has 0 bridgehead atoms. The monoisotopic (exact) mass is 321 g/mol. The van der Waals surface area contributed by atoms with Crippen LogP contribution >= 0.6 is 11.6 Å². The molecule has 1 saturated heterocycles. The van der Waals surface area contributed by atoms with E-state index in [0.717, 1.165) is 43.1 Å². The van der Waals surface area contributed by atoms with Crippen molar-refractivity contribution in [2.45, 2.75) is 25.5 Å². The highest BCUT2D eigenvalue weighted by Gasteiger charge is 2.15. The highest BCUT2D eigenvalue weighted by molar-refractivity contribution is 6.32. The summed E-state index contributed by atoms with van der Waals surface area (Å²) in [6.45, 7) is 2.45. The number of halogens is 1. The summed E-state index contributed by atoms with van der Waals surface area (Å²) in [5, 5.41) is 3.95. The van der Waals surface area contributed by atoms with E-state index in [1.807, 2.05) is 30.3 Å². The third-order valence-electron chi connectivity index (χ3n) is 3.79. The van der Waals surface area contributed by atoms with Gasteiger partial charge in [0.15, 0.2) is 0 Å². The number of rotatable bonds is 6. The first kappa shape index (κ1) is 15.4. The zero-order valence-electron chi connectivity index (χ0n) is 12.6. The molecule has 22 heavy (non-hydrogen) atoms. The van der Waals surface area contributed by atoms with Crippen LogP contribution < -0.4 is 10.1 Å². The van der Waals surface area contributed by atoms with Gasteiger partial charge < -0.3 is 19.2 Å². The topological polar surface area (TPSA) is 43.6 Å². The van der Waals surface area contributed by atoms with E-state index in [2.05, 4.69) is 5.32 Å². The predicted molar refractivity (Wildman–Crippen MR) is 86.4 cm³/mol. The Kier molecular flexibility index (Phi) is 5.03. The molecule has 4 nitrogen and oxygen atoms in total.